The molecule has 0 radical (unpaired) electrons. The quantitative estimate of drug-likeness (QED) is 0.308. The van der Waals surface area contributed by atoms with Crippen LogP contribution in [-0.4, -0.2) is 31.4 Å². The molecule has 0 atom stereocenters. The van der Waals surface area contributed by atoms with Crippen molar-refractivity contribution in [2.45, 2.75) is 77.5 Å². The maximum absolute atomic E-state index is 13.8. The molecule has 0 N–H and O–H groups in total. The van der Waals surface area contributed by atoms with E-state index in [1.807, 2.05) is 0 Å². The van der Waals surface area contributed by atoms with E-state index < -0.39 is 16.0 Å². The molecule has 3 aliphatic rings. The Morgan fingerprint density at radius 2 is 1.39 bits per heavy atom. The maximum Gasteiger partial charge on any atom is 0.339 e. The minimum atomic E-state index is -4.16. The van der Waals surface area contributed by atoms with Crippen LogP contribution >= 0.6 is 23.2 Å². The molecule has 2 aliphatic carbocycles. The van der Waals surface area contributed by atoms with Crippen LogP contribution in [0.15, 0.2) is 69.9 Å². The maximum atomic E-state index is 13.8. The average Bonchev–Trinajstić information content (AvgIpc) is 2.85. The topological polar surface area (TPSA) is 80.8 Å². The Kier molecular flexibility index (Phi) is 7.71. The Hall–Kier alpha value is -2.61. The summed E-state index contributed by atoms with van der Waals surface area (Å²) in [4.78, 5) is 29.9. The lowest BCUT2D eigenvalue weighted by Crippen LogP contribution is -2.44. The summed E-state index contributed by atoms with van der Waals surface area (Å²) < 4.78 is 31.2. The van der Waals surface area contributed by atoms with E-state index >= 15 is 0 Å². The minimum Gasteiger partial charge on any atom is -0.377 e. The van der Waals surface area contributed by atoms with Gasteiger partial charge in [-0.05, 0) is 72.1 Å². The van der Waals surface area contributed by atoms with Crippen LogP contribution in [0, 0.1) is 10.8 Å². The largest absolute Gasteiger partial charge is 0.377 e. The second kappa shape index (κ2) is 10.6. The number of hydrogen-bond acceptors (Lipinski definition) is 6. The van der Waals surface area contributed by atoms with Gasteiger partial charge in [0.2, 0.25) is 0 Å². The highest BCUT2D eigenvalue weighted by Crippen LogP contribution is 2.54. The van der Waals surface area contributed by atoms with Crippen LogP contribution in [0.3, 0.4) is 0 Å². The Morgan fingerprint density at radius 3 is 1.88 bits per heavy atom. The van der Waals surface area contributed by atoms with Crippen molar-refractivity contribution in [1.29, 1.82) is 0 Å². The van der Waals surface area contributed by atoms with E-state index in [0.717, 1.165) is 37.2 Å². The van der Waals surface area contributed by atoms with Gasteiger partial charge >= 0.3 is 10.1 Å². The molecule has 9 heteroatoms. The third kappa shape index (κ3) is 5.73. The Morgan fingerprint density at radius 1 is 0.854 bits per heavy atom. The number of carbonyl (C=O) groups excluding carboxylic acids is 2. The molecule has 1 aliphatic heterocycles. The molecular weight excluding hydrogens is 581 g/mol. The number of Topliss-reactive ketones (excluding diaryl/α,β-unsaturated/α-hetero) is 2. The van der Waals surface area contributed by atoms with Gasteiger partial charge < -0.3 is 9.08 Å². The molecule has 0 fully saturated rings. The smallest absolute Gasteiger partial charge is 0.339 e. The molecular formula is C32H35Cl2NO5S. The predicted octanol–water partition coefficient (Wildman–Crippen LogP) is 7.86. The summed E-state index contributed by atoms with van der Waals surface area (Å²) in [6, 6.07) is 10.5. The van der Waals surface area contributed by atoms with E-state index in [1.165, 1.54) is 30.3 Å². The minimum absolute atomic E-state index is 0.0355. The molecule has 0 amide bonds. The third-order valence-electron chi connectivity index (χ3n) is 8.06. The second-order valence-corrected chi connectivity index (χ2v) is 15.3. The molecule has 0 spiro atoms. The van der Waals surface area contributed by atoms with Crippen LogP contribution in [0.1, 0.15) is 78.2 Å². The van der Waals surface area contributed by atoms with Crippen molar-refractivity contribution >= 4 is 44.9 Å². The molecule has 6 nitrogen and oxygen atoms in total. The molecule has 0 saturated carbocycles. The number of allylic oxidation sites excluding steroid dienone is 4. The van der Waals surface area contributed by atoms with Crippen molar-refractivity contribution in [2.24, 2.45) is 10.8 Å². The van der Waals surface area contributed by atoms with Gasteiger partial charge in [0.05, 0.1) is 5.02 Å². The van der Waals surface area contributed by atoms with Crippen molar-refractivity contribution in [1.82, 2.24) is 4.90 Å². The lowest BCUT2D eigenvalue weighted by Gasteiger charge is -2.49. The lowest BCUT2D eigenvalue weighted by atomic mass is 9.63. The highest BCUT2D eigenvalue weighted by Gasteiger charge is 2.48. The van der Waals surface area contributed by atoms with Gasteiger partial charge in [0, 0.05) is 52.9 Å². The Labute approximate surface area is 252 Å². The number of nitrogens with zero attached hydrogens (tertiary/aromatic N) is 1. The molecule has 5 rings (SSSR count). The monoisotopic (exact) mass is 615 g/mol. The summed E-state index contributed by atoms with van der Waals surface area (Å²) in [6.45, 7) is 11.3. The van der Waals surface area contributed by atoms with Crippen molar-refractivity contribution in [3.05, 3.63) is 80.6 Å². The summed E-state index contributed by atoms with van der Waals surface area (Å²) in [5, 5.41) is 0.479. The fourth-order valence-corrected chi connectivity index (χ4v) is 7.75. The first-order chi connectivity index (χ1) is 19.1. The Bertz CT molecular complexity index is 1550. The first-order valence-electron chi connectivity index (χ1n) is 13.9. The standard InChI is InChI=1S/C32H35Cl2NO5S/c1-6-13-35-23-15-31(2,3)17-25(36)29(23)28(30-24(35)16-32(4,5)18-26(30)37)19-7-12-27(22(34)14-19)40-41(38,39)21-10-8-20(33)9-11-21/h7-12,14,28H,6,13,15-18H2,1-5H3. The van der Waals surface area contributed by atoms with Gasteiger partial charge in [-0.3, -0.25) is 9.59 Å². The number of ketones is 2. The van der Waals surface area contributed by atoms with Gasteiger partial charge in [-0.25, -0.2) is 0 Å². The highest BCUT2D eigenvalue weighted by atomic mass is 35.5. The number of rotatable bonds is 6. The summed E-state index contributed by atoms with van der Waals surface area (Å²) in [7, 11) is -4.16. The molecule has 0 aromatic heterocycles. The van der Waals surface area contributed by atoms with E-state index in [-0.39, 0.29) is 38.1 Å². The van der Waals surface area contributed by atoms with Gasteiger partial charge in [0.25, 0.3) is 0 Å². The zero-order chi connectivity index (χ0) is 29.9. The van der Waals surface area contributed by atoms with E-state index in [4.69, 9.17) is 27.4 Å². The van der Waals surface area contributed by atoms with Crippen LogP contribution < -0.4 is 4.18 Å². The van der Waals surface area contributed by atoms with E-state index in [1.54, 1.807) is 12.1 Å². The SMILES string of the molecule is CCCN1C2=C(C(=O)CC(C)(C)C2)C(c2ccc(OS(=O)(=O)c3ccc(Cl)cc3)c(Cl)c2)C2=C1CC(C)(C)CC2=O. The summed E-state index contributed by atoms with van der Waals surface area (Å²) in [5.41, 5.74) is 3.55. The van der Waals surface area contributed by atoms with Crippen LogP contribution in [-0.2, 0) is 19.7 Å². The molecule has 0 unspecified atom stereocenters. The van der Waals surface area contributed by atoms with Gasteiger partial charge in [-0.15, -0.1) is 0 Å². The second-order valence-electron chi connectivity index (χ2n) is 12.9. The van der Waals surface area contributed by atoms with Crippen molar-refractivity contribution < 1.29 is 22.2 Å². The first kappa shape index (κ1) is 29.9. The molecule has 1 heterocycles. The van der Waals surface area contributed by atoms with Gasteiger partial charge in [0.1, 0.15) is 4.90 Å². The molecule has 218 valence electrons. The van der Waals surface area contributed by atoms with Crippen LogP contribution in [0.25, 0.3) is 0 Å². The summed E-state index contributed by atoms with van der Waals surface area (Å²) in [5.74, 6) is -0.536. The fraction of sp³-hybridized carbons (Fsp3) is 0.438. The number of halogens is 2. The van der Waals surface area contributed by atoms with Crippen LogP contribution in [0.5, 0.6) is 5.75 Å². The number of carbonyl (C=O) groups is 2. The van der Waals surface area contributed by atoms with E-state index in [2.05, 4.69) is 39.5 Å². The van der Waals surface area contributed by atoms with Crippen molar-refractivity contribution in [2.75, 3.05) is 6.54 Å². The van der Waals surface area contributed by atoms with Crippen molar-refractivity contribution in [3.63, 3.8) is 0 Å². The molecule has 41 heavy (non-hydrogen) atoms. The molecule has 0 saturated heterocycles. The first-order valence-corrected chi connectivity index (χ1v) is 16.1. The van der Waals surface area contributed by atoms with Gasteiger partial charge in [-0.1, -0.05) is 63.9 Å². The normalized spacial score (nSPS) is 20.7. The zero-order valence-corrected chi connectivity index (χ0v) is 26.3. The fourth-order valence-electron chi connectivity index (χ4n) is 6.41. The van der Waals surface area contributed by atoms with E-state index in [9.17, 15) is 18.0 Å². The molecule has 2 aromatic rings. The number of hydrogen-bond donors (Lipinski definition) is 0. The Balaban J connectivity index is 1.63. The van der Waals surface area contributed by atoms with Crippen LogP contribution in [0.4, 0.5) is 0 Å². The van der Waals surface area contributed by atoms with Gasteiger partial charge in [-0.2, -0.15) is 8.42 Å². The van der Waals surface area contributed by atoms with Gasteiger partial charge in [0.15, 0.2) is 17.3 Å². The molecule has 2 aromatic carbocycles. The average molecular weight is 617 g/mol. The summed E-state index contributed by atoms with van der Waals surface area (Å²) in [6.07, 6.45) is 3.10. The summed E-state index contributed by atoms with van der Waals surface area (Å²) >= 11 is 12.5. The third-order valence-corrected chi connectivity index (χ3v) is 9.86. The molecule has 0 bridgehead atoms. The predicted molar refractivity (Wildman–Crippen MR) is 161 cm³/mol. The highest BCUT2D eigenvalue weighted by molar-refractivity contribution is 7.87. The van der Waals surface area contributed by atoms with Crippen LogP contribution in [0.2, 0.25) is 10.0 Å². The lowest BCUT2D eigenvalue weighted by molar-refractivity contribution is -0.119. The zero-order valence-electron chi connectivity index (χ0n) is 24.0. The van der Waals surface area contributed by atoms with E-state index in [0.29, 0.717) is 34.6 Å². The number of benzene rings is 2. The van der Waals surface area contributed by atoms with Crippen molar-refractivity contribution in [3.8, 4) is 5.75 Å².